The molecule has 0 aliphatic heterocycles. The Morgan fingerprint density at radius 1 is 1.03 bits per heavy atom. The topological polar surface area (TPSA) is 87.9 Å². The summed E-state index contributed by atoms with van der Waals surface area (Å²) in [6, 6.07) is 6.62. The highest BCUT2D eigenvalue weighted by Crippen LogP contribution is 2.36. The number of methoxy groups -OCH3 is 1. The molecule has 0 saturated carbocycles. The Morgan fingerprint density at radius 2 is 1.66 bits per heavy atom. The molecule has 7 nitrogen and oxygen atoms in total. The van der Waals surface area contributed by atoms with E-state index in [0.717, 1.165) is 43.5 Å². The molecule has 0 spiro atoms. The normalized spacial score (nSPS) is 11.1. The molecule has 0 heterocycles. The SMILES string of the molecule is COc1cc(/C=C/C(=O)c2ccc(OC(F)F)cc2)c([N+](=O)[O-])cc1OC(F)F. The van der Waals surface area contributed by atoms with Crippen molar-refractivity contribution in [1.29, 1.82) is 0 Å². The fraction of sp³-hybridized carbons (Fsp3) is 0.167. The van der Waals surface area contributed by atoms with Crippen LogP contribution < -0.4 is 14.2 Å². The van der Waals surface area contributed by atoms with E-state index in [1.807, 2.05) is 0 Å². The Balaban J connectivity index is 2.30. The number of nitro groups is 1. The van der Waals surface area contributed by atoms with Crippen molar-refractivity contribution in [1.82, 2.24) is 0 Å². The van der Waals surface area contributed by atoms with Gasteiger partial charge in [0.05, 0.1) is 23.7 Å². The molecule has 0 saturated heterocycles. The molecular weight excluding hydrogens is 402 g/mol. The van der Waals surface area contributed by atoms with E-state index >= 15 is 0 Å². The molecule has 0 radical (unpaired) electrons. The first-order valence-corrected chi connectivity index (χ1v) is 7.79. The summed E-state index contributed by atoms with van der Waals surface area (Å²) < 4.78 is 62.4. The lowest BCUT2D eigenvalue weighted by molar-refractivity contribution is -0.385. The van der Waals surface area contributed by atoms with Gasteiger partial charge in [-0.2, -0.15) is 17.6 Å². The minimum absolute atomic E-state index is 0.0977. The van der Waals surface area contributed by atoms with E-state index in [0.29, 0.717) is 0 Å². The molecular formula is C18H13F4NO6. The van der Waals surface area contributed by atoms with Crippen LogP contribution in [-0.4, -0.2) is 31.0 Å². The van der Waals surface area contributed by atoms with Gasteiger partial charge in [0.25, 0.3) is 5.69 Å². The molecule has 2 rings (SSSR count). The Bertz CT molecular complexity index is 915. The van der Waals surface area contributed by atoms with Crippen LogP contribution in [0, 0.1) is 10.1 Å². The Kier molecular flexibility index (Phi) is 7.12. The predicted octanol–water partition coefficient (Wildman–Crippen LogP) is 4.70. The molecule has 0 atom stereocenters. The Labute approximate surface area is 161 Å². The van der Waals surface area contributed by atoms with Crippen molar-refractivity contribution in [3.8, 4) is 17.2 Å². The zero-order chi connectivity index (χ0) is 21.6. The van der Waals surface area contributed by atoms with Crippen molar-refractivity contribution < 1.29 is 41.5 Å². The molecule has 0 N–H and O–H groups in total. The number of hydrogen-bond acceptors (Lipinski definition) is 6. The van der Waals surface area contributed by atoms with Gasteiger partial charge in [0.2, 0.25) is 0 Å². The number of allylic oxidation sites excluding steroid dienone is 1. The average molecular weight is 415 g/mol. The summed E-state index contributed by atoms with van der Waals surface area (Å²) in [5, 5.41) is 11.2. The number of alkyl halides is 4. The van der Waals surface area contributed by atoms with Gasteiger partial charge < -0.3 is 14.2 Å². The van der Waals surface area contributed by atoms with Crippen LogP contribution in [0.5, 0.6) is 17.2 Å². The lowest BCUT2D eigenvalue weighted by Gasteiger charge is -2.10. The average Bonchev–Trinajstić information content (AvgIpc) is 2.65. The lowest BCUT2D eigenvalue weighted by atomic mass is 10.1. The zero-order valence-electron chi connectivity index (χ0n) is 14.7. The standard InChI is InChI=1S/C18H13F4NO6/c1-27-15-8-11(13(23(25)26)9-16(15)29-18(21)22)4-7-14(24)10-2-5-12(6-3-10)28-17(19)20/h2-9,17-18H,1H3/b7-4+. The van der Waals surface area contributed by atoms with Crippen molar-refractivity contribution in [3.63, 3.8) is 0 Å². The van der Waals surface area contributed by atoms with Gasteiger partial charge in [-0.3, -0.25) is 14.9 Å². The maximum Gasteiger partial charge on any atom is 0.387 e. The Hall–Kier alpha value is -3.63. The molecule has 2 aromatic carbocycles. The summed E-state index contributed by atoms with van der Waals surface area (Å²) in [6.45, 7) is -6.23. The second kappa shape index (κ2) is 9.53. The van der Waals surface area contributed by atoms with Crippen molar-refractivity contribution in [2.75, 3.05) is 7.11 Å². The smallest absolute Gasteiger partial charge is 0.387 e. The van der Waals surface area contributed by atoms with Crippen LogP contribution in [0.4, 0.5) is 23.2 Å². The van der Waals surface area contributed by atoms with Gasteiger partial charge in [0.15, 0.2) is 17.3 Å². The molecule has 0 aromatic heterocycles. The number of ketones is 1. The van der Waals surface area contributed by atoms with E-state index in [4.69, 9.17) is 4.74 Å². The monoisotopic (exact) mass is 415 g/mol. The highest BCUT2D eigenvalue weighted by Gasteiger charge is 2.20. The lowest BCUT2D eigenvalue weighted by Crippen LogP contribution is -2.05. The number of nitro benzene ring substituents is 1. The molecule has 154 valence electrons. The maximum atomic E-state index is 12.5. The van der Waals surface area contributed by atoms with E-state index in [1.54, 1.807) is 0 Å². The van der Waals surface area contributed by atoms with Gasteiger partial charge in [0, 0.05) is 5.56 Å². The van der Waals surface area contributed by atoms with E-state index in [-0.39, 0.29) is 22.6 Å². The van der Waals surface area contributed by atoms with Crippen LogP contribution in [0.15, 0.2) is 42.5 Å². The number of benzene rings is 2. The Morgan fingerprint density at radius 3 is 2.17 bits per heavy atom. The van der Waals surface area contributed by atoms with Gasteiger partial charge in [-0.05, 0) is 42.5 Å². The van der Waals surface area contributed by atoms with Crippen molar-refractivity contribution in [3.05, 3.63) is 63.7 Å². The van der Waals surface area contributed by atoms with E-state index in [9.17, 15) is 32.5 Å². The summed E-state index contributed by atoms with van der Waals surface area (Å²) >= 11 is 0. The summed E-state index contributed by atoms with van der Waals surface area (Å²) in [5.74, 6) is -1.46. The highest BCUT2D eigenvalue weighted by atomic mass is 19.3. The van der Waals surface area contributed by atoms with E-state index in [1.165, 1.54) is 12.1 Å². The number of halogens is 4. The van der Waals surface area contributed by atoms with Crippen molar-refractivity contribution >= 4 is 17.5 Å². The zero-order valence-corrected chi connectivity index (χ0v) is 14.7. The summed E-state index contributed by atoms with van der Waals surface area (Å²) in [6.07, 6.45) is 2.09. The molecule has 0 amide bonds. The fourth-order valence-corrected chi connectivity index (χ4v) is 2.27. The third-order valence-electron chi connectivity index (χ3n) is 3.50. The molecule has 0 aliphatic carbocycles. The van der Waals surface area contributed by atoms with E-state index < -0.39 is 35.4 Å². The minimum atomic E-state index is -3.22. The van der Waals surface area contributed by atoms with Gasteiger partial charge in [-0.15, -0.1) is 0 Å². The quantitative estimate of drug-likeness (QED) is 0.194. The third-order valence-corrected chi connectivity index (χ3v) is 3.50. The number of carbonyl (C=O) groups is 1. The minimum Gasteiger partial charge on any atom is -0.493 e. The second-order valence-electron chi connectivity index (χ2n) is 5.30. The number of ether oxygens (including phenoxy) is 3. The first-order valence-electron chi connectivity index (χ1n) is 7.79. The second-order valence-corrected chi connectivity index (χ2v) is 5.30. The molecule has 0 aliphatic rings. The fourth-order valence-electron chi connectivity index (χ4n) is 2.27. The third kappa shape index (κ3) is 5.92. The molecule has 2 aromatic rings. The van der Waals surface area contributed by atoms with Crippen LogP contribution in [0.3, 0.4) is 0 Å². The predicted molar refractivity (Wildman–Crippen MR) is 92.7 cm³/mol. The van der Waals surface area contributed by atoms with Gasteiger partial charge >= 0.3 is 13.2 Å². The number of nitrogens with zero attached hydrogens (tertiary/aromatic N) is 1. The summed E-state index contributed by atoms with van der Waals surface area (Å²) in [5.41, 5.74) is -0.583. The van der Waals surface area contributed by atoms with Gasteiger partial charge in [-0.1, -0.05) is 0 Å². The van der Waals surface area contributed by atoms with Crippen LogP contribution >= 0.6 is 0 Å². The van der Waals surface area contributed by atoms with Gasteiger partial charge in [0.1, 0.15) is 5.75 Å². The van der Waals surface area contributed by atoms with Crippen molar-refractivity contribution in [2.24, 2.45) is 0 Å². The maximum absolute atomic E-state index is 12.5. The van der Waals surface area contributed by atoms with Crippen LogP contribution in [0.2, 0.25) is 0 Å². The number of rotatable bonds is 9. The largest absolute Gasteiger partial charge is 0.493 e. The van der Waals surface area contributed by atoms with Crippen LogP contribution in [0.1, 0.15) is 15.9 Å². The van der Waals surface area contributed by atoms with Crippen LogP contribution in [-0.2, 0) is 0 Å². The number of carbonyl (C=O) groups excluding carboxylic acids is 1. The first-order chi connectivity index (χ1) is 13.7. The first kappa shape index (κ1) is 21.7. The summed E-state index contributed by atoms with van der Waals surface area (Å²) in [4.78, 5) is 22.6. The summed E-state index contributed by atoms with van der Waals surface area (Å²) in [7, 11) is 1.15. The molecule has 0 fully saturated rings. The van der Waals surface area contributed by atoms with Gasteiger partial charge in [-0.25, -0.2) is 0 Å². The van der Waals surface area contributed by atoms with E-state index in [2.05, 4.69) is 9.47 Å². The highest BCUT2D eigenvalue weighted by molar-refractivity contribution is 6.07. The van der Waals surface area contributed by atoms with Crippen LogP contribution in [0.25, 0.3) is 6.08 Å². The van der Waals surface area contributed by atoms with Crippen molar-refractivity contribution in [2.45, 2.75) is 13.2 Å². The molecule has 0 unspecified atom stereocenters. The number of hydrogen-bond donors (Lipinski definition) is 0. The molecule has 0 bridgehead atoms. The molecule has 29 heavy (non-hydrogen) atoms. The molecule has 11 heteroatoms.